The highest BCUT2D eigenvalue weighted by molar-refractivity contribution is 5.92. The number of carbonyl (C=O) groups excluding carboxylic acids is 2. The number of rotatable bonds is 6. The molecule has 3 rings (SSSR count). The zero-order valence-electron chi connectivity index (χ0n) is 16.0. The number of aromatic nitrogens is 3. The molecule has 0 saturated carbocycles. The van der Waals surface area contributed by atoms with Gasteiger partial charge >= 0.3 is 5.97 Å². The summed E-state index contributed by atoms with van der Waals surface area (Å²) in [6, 6.07) is 7.68. The summed E-state index contributed by atoms with van der Waals surface area (Å²) in [5.74, 6) is -1.66. The second-order valence-electron chi connectivity index (χ2n) is 6.51. The van der Waals surface area contributed by atoms with E-state index in [1.54, 1.807) is 10.6 Å². The van der Waals surface area contributed by atoms with Gasteiger partial charge in [0.15, 0.2) is 12.3 Å². The molecule has 3 aromatic rings. The quantitative estimate of drug-likeness (QED) is 0.661. The average Bonchev–Trinajstić information content (AvgIpc) is 3.02. The Morgan fingerprint density at radius 2 is 1.96 bits per heavy atom. The second-order valence-corrected chi connectivity index (χ2v) is 6.51. The van der Waals surface area contributed by atoms with E-state index in [0.29, 0.717) is 6.42 Å². The first kappa shape index (κ1) is 19.5. The van der Waals surface area contributed by atoms with Crippen LogP contribution < -0.4 is 5.32 Å². The van der Waals surface area contributed by atoms with Gasteiger partial charge in [0, 0.05) is 23.9 Å². The van der Waals surface area contributed by atoms with E-state index in [2.05, 4.69) is 15.4 Å². The smallest absolute Gasteiger partial charge is 0.306 e. The van der Waals surface area contributed by atoms with Crippen molar-refractivity contribution in [1.82, 2.24) is 14.6 Å². The van der Waals surface area contributed by atoms with Crippen LogP contribution in [0.5, 0.6) is 0 Å². The molecule has 1 amide bonds. The fourth-order valence-corrected chi connectivity index (χ4v) is 3.00. The van der Waals surface area contributed by atoms with Gasteiger partial charge < -0.3 is 10.1 Å². The lowest BCUT2D eigenvalue weighted by atomic mass is 10.1. The van der Waals surface area contributed by atoms with Gasteiger partial charge in [0.05, 0.1) is 11.4 Å². The van der Waals surface area contributed by atoms with Crippen molar-refractivity contribution in [1.29, 1.82) is 0 Å². The van der Waals surface area contributed by atoms with Crippen LogP contribution in [0.15, 0.2) is 30.3 Å². The molecule has 2 heterocycles. The van der Waals surface area contributed by atoms with E-state index in [0.717, 1.165) is 28.3 Å². The van der Waals surface area contributed by atoms with Gasteiger partial charge in [-0.05, 0) is 44.9 Å². The number of nitrogens with zero attached hydrogens (tertiary/aromatic N) is 3. The number of amides is 1. The molecule has 0 aliphatic rings. The number of nitrogens with one attached hydrogen (secondary N) is 1. The third-order valence-electron chi connectivity index (χ3n) is 4.38. The monoisotopic (exact) mass is 384 g/mol. The Morgan fingerprint density at radius 3 is 2.71 bits per heavy atom. The Labute approximate surface area is 161 Å². The van der Waals surface area contributed by atoms with E-state index in [4.69, 9.17) is 4.74 Å². The SMILES string of the molecule is Cc1cc2nc(C)c(CCC(=O)OCC(=O)Nc3ccccc3F)c(C)n2n1. The zero-order valence-corrected chi connectivity index (χ0v) is 16.0. The molecule has 146 valence electrons. The summed E-state index contributed by atoms with van der Waals surface area (Å²) in [6.45, 7) is 5.24. The lowest BCUT2D eigenvalue weighted by Gasteiger charge is -2.11. The molecule has 0 aliphatic heterocycles. The summed E-state index contributed by atoms with van der Waals surface area (Å²) >= 11 is 0. The van der Waals surface area contributed by atoms with Crippen LogP contribution in [0.1, 0.15) is 29.1 Å². The fourth-order valence-electron chi connectivity index (χ4n) is 3.00. The Hall–Kier alpha value is -3.29. The predicted molar refractivity (Wildman–Crippen MR) is 102 cm³/mol. The Balaban J connectivity index is 1.55. The van der Waals surface area contributed by atoms with Crippen LogP contribution in [0.25, 0.3) is 5.65 Å². The number of ether oxygens (including phenoxy) is 1. The number of hydrogen-bond acceptors (Lipinski definition) is 5. The molecule has 0 unspecified atom stereocenters. The van der Waals surface area contributed by atoms with Crippen molar-refractivity contribution in [3.05, 3.63) is 58.8 Å². The van der Waals surface area contributed by atoms with Crippen molar-refractivity contribution in [3.8, 4) is 0 Å². The summed E-state index contributed by atoms with van der Waals surface area (Å²) in [5.41, 5.74) is 4.35. The summed E-state index contributed by atoms with van der Waals surface area (Å²) in [5, 5.41) is 6.77. The highest BCUT2D eigenvalue weighted by Gasteiger charge is 2.14. The van der Waals surface area contributed by atoms with Crippen molar-refractivity contribution < 1.29 is 18.7 Å². The summed E-state index contributed by atoms with van der Waals surface area (Å²) < 4.78 is 20.3. The number of para-hydroxylation sites is 1. The normalized spacial score (nSPS) is 10.9. The number of benzene rings is 1. The maximum atomic E-state index is 13.5. The van der Waals surface area contributed by atoms with Crippen molar-refractivity contribution >= 4 is 23.2 Å². The largest absolute Gasteiger partial charge is 0.456 e. The number of halogens is 1. The first-order valence-electron chi connectivity index (χ1n) is 8.87. The van der Waals surface area contributed by atoms with E-state index < -0.39 is 24.3 Å². The third-order valence-corrected chi connectivity index (χ3v) is 4.38. The van der Waals surface area contributed by atoms with Crippen molar-refractivity contribution in [3.63, 3.8) is 0 Å². The minimum Gasteiger partial charge on any atom is -0.456 e. The summed E-state index contributed by atoms with van der Waals surface area (Å²) in [4.78, 5) is 28.3. The zero-order chi connectivity index (χ0) is 20.3. The van der Waals surface area contributed by atoms with Crippen LogP contribution in [0, 0.1) is 26.6 Å². The lowest BCUT2D eigenvalue weighted by molar-refractivity contribution is -0.147. The first-order chi connectivity index (χ1) is 13.3. The average molecular weight is 384 g/mol. The number of esters is 1. The standard InChI is InChI=1S/C20H21FN4O3/c1-12-10-18-22-13(2)15(14(3)25(18)24-12)8-9-20(27)28-11-19(26)23-17-7-5-4-6-16(17)21/h4-7,10H,8-9,11H2,1-3H3,(H,23,26). The second kappa shape index (κ2) is 8.16. The number of fused-ring (bicyclic) bond motifs is 1. The van der Waals surface area contributed by atoms with Gasteiger partial charge in [-0.25, -0.2) is 13.9 Å². The highest BCUT2D eigenvalue weighted by atomic mass is 19.1. The molecule has 0 bridgehead atoms. The minimum absolute atomic E-state index is 0.0451. The molecular weight excluding hydrogens is 363 g/mol. The molecule has 7 nitrogen and oxygen atoms in total. The van der Waals surface area contributed by atoms with E-state index in [1.165, 1.54) is 18.2 Å². The fraction of sp³-hybridized carbons (Fsp3) is 0.300. The minimum atomic E-state index is -0.596. The highest BCUT2D eigenvalue weighted by Crippen LogP contribution is 2.17. The molecule has 0 atom stereocenters. The Morgan fingerprint density at radius 1 is 1.21 bits per heavy atom. The molecule has 2 aromatic heterocycles. The van der Waals surface area contributed by atoms with Gasteiger partial charge in [-0.2, -0.15) is 5.10 Å². The topological polar surface area (TPSA) is 85.6 Å². The number of anilines is 1. The van der Waals surface area contributed by atoms with Crippen molar-refractivity contribution in [2.75, 3.05) is 11.9 Å². The lowest BCUT2D eigenvalue weighted by Crippen LogP contribution is -2.21. The van der Waals surface area contributed by atoms with Gasteiger partial charge in [-0.15, -0.1) is 0 Å². The Kier molecular flexibility index (Phi) is 5.67. The molecule has 1 N–H and O–H groups in total. The molecule has 8 heteroatoms. The summed E-state index contributed by atoms with van der Waals surface area (Å²) in [6.07, 6.45) is 0.523. The van der Waals surface area contributed by atoms with E-state index in [1.807, 2.05) is 26.8 Å². The van der Waals surface area contributed by atoms with Gasteiger partial charge in [0.2, 0.25) is 0 Å². The van der Waals surface area contributed by atoms with Gasteiger partial charge in [0.1, 0.15) is 5.82 Å². The van der Waals surface area contributed by atoms with E-state index >= 15 is 0 Å². The Bertz CT molecular complexity index is 1050. The molecule has 0 saturated heterocycles. The molecule has 28 heavy (non-hydrogen) atoms. The van der Waals surface area contributed by atoms with Gasteiger partial charge in [-0.3, -0.25) is 9.59 Å². The van der Waals surface area contributed by atoms with Crippen molar-refractivity contribution in [2.45, 2.75) is 33.6 Å². The first-order valence-corrected chi connectivity index (χ1v) is 8.87. The molecule has 0 aliphatic carbocycles. The molecular formula is C20H21FN4O3. The van der Waals surface area contributed by atoms with Crippen molar-refractivity contribution in [2.24, 2.45) is 0 Å². The molecule has 0 spiro atoms. The van der Waals surface area contributed by atoms with Gasteiger partial charge in [-0.1, -0.05) is 12.1 Å². The van der Waals surface area contributed by atoms with Crippen LogP contribution >= 0.6 is 0 Å². The molecule has 1 aromatic carbocycles. The van der Waals surface area contributed by atoms with Crippen LogP contribution in [0.2, 0.25) is 0 Å². The van der Waals surface area contributed by atoms with E-state index in [-0.39, 0.29) is 12.1 Å². The number of hydrogen-bond donors (Lipinski definition) is 1. The third kappa shape index (κ3) is 4.33. The van der Waals surface area contributed by atoms with Crippen LogP contribution in [0.3, 0.4) is 0 Å². The van der Waals surface area contributed by atoms with Crippen LogP contribution in [-0.4, -0.2) is 33.1 Å². The number of aryl methyl sites for hydroxylation is 3. The molecule has 0 radical (unpaired) electrons. The van der Waals surface area contributed by atoms with Gasteiger partial charge in [0.25, 0.3) is 5.91 Å². The maximum Gasteiger partial charge on any atom is 0.306 e. The van der Waals surface area contributed by atoms with Crippen LogP contribution in [0.4, 0.5) is 10.1 Å². The predicted octanol–water partition coefficient (Wildman–Crippen LogP) is 2.91. The van der Waals surface area contributed by atoms with Crippen LogP contribution in [-0.2, 0) is 20.7 Å². The summed E-state index contributed by atoms with van der Waals surface area (Å²) in [7, 11) is 0. The number of carbonyl (C=O) groups is 2. The maximum absolute atomic E-state index is 13.5. The van der Waals surface area contributed by atoms with E-state index in [9.17, 15) is 14.0 Å². The molecule has 0 fully saturated rings.